The summed E-state index contributed by atoms with van der Waals surface area (Å²) in [5.74, 6) is -0.510. The molecule has 0 aliphatic carbocycles. The third-order valence-electron chi connectivity index (χ3n) is 7.11. The van der Waals surface area contributed by atoms with Crippen LogP contribution in [-0.4, -0.2) is 50.4 Å². The van der Waals surface area contributed by atoms with Gasteiger partial charge in [-0.3, -0.25) is 0 Å². The van der Waals surface area contributed by atoms with Crippen LogP contribution in [0.2, 0.25) is 5.02 Å². The van der Waals surface area contributed by atoms with E-state index in [1.807, 2.05) is 91.0 Å². The number of ether oxygens (including phenoxy) is 6. The van der Waals surface area contributed by atoms with Crippen molar-refractivity contribution < 1.29 is 33.2 Å². The molecular weight excluding hydrogens is 568 g/mol. The van der Waals surface area contributed by atoms with Gasteiger partial charge in [0.25, 0.3) is 0 Å². The van der Waals surface area contributed by atoms with Crippen molar-refractivity contribution in [3.63, 3.8) is 0 Å². The zero-order chi connectivity index (χ0) is 29.9. The molecule has 0 saturated carbocycles. The molecule has 0 spiro atoms. The molecular formula is C35H35ClO7. The molecule has 0 N–H and O–H groups in total. The Morgan fingerprint density at radius 3 is 1.79 bits per heavy atom. The molecule has 1 saturated heterocycles. The number of halogens is 1. The quantitative estimate of drug-likeness (QED) is 0.159. The normalized spacial score (nSPS) is 21.8. The Morgan fingerprint density at radius 1 is 0.674 bits per heavy atom. The maximum atomic E-state index is 13.3. The zero-order valence-electron chi connectivity index (χ0n) is 23.9. The third kappa shape index (κ3) is 8.74. The van der Waals surface area contributed by atoms with Crippen molar-refractivity contribution in [1.82, 2.24) is 0 Å². The number of carbonyl (C=O) groups excluding carboxylic acids is 1. The Hall–Kier alpha value is -3.56. The number of esters is 1. The van der Waals surface area contributed by atoms with Gasteiger partial charge in [0, 0.05) is 12.1 Å². The summed E-state index contributed by atoms with van der Waals surface area (Å²) in [5.41, 5.74) is 3.33. The third-order valence-corrected chi connectivity index (χ3v) is 7.36. The van der Waals surface area contributed by atoms with Crippen molar-refractivity contribution in [2.45, 2.75) is 50.5 Å². The van der Waals surface area contributed by atoms with Crippen molar-refractivity contribution in [3.8, 4) is 0 Å². The van der Waals surface area contributed by atoms with Gasteiger partial charge in [-0.2, -0.15) is 0 Å². The van der Waals surface area contributed by atoms with E-state index >= 15 is 0 Å². The van der Waals surface area contributed by atoms with E-state index in [1.54, 1.807) is 24.3 Å². The molecule has 5 rings (SSSR count). The van der Waals surface area contributed by atoms with Gasteiger partial charge >= 0.3 is 5.97 Å². The molecule has 1 aliphatic rings. The lowest BCUT2D eigenvalue weighted by atomic mass is 9.97. The Labute approximate surface area is 257 Å². The fourth-order valence-electron chi connectivity index (χ4n) is 4.89. The zero-order valence-corrected chi connectivity index (χ0v) is 24.7. The van der Waals surface area contributed by atoms with Crippen molar-refractivity contribution in [3.05, 3.63) is 143 Å². The molecule has 0 unspecified atom stereocenters. The first kappa shape index (κ1) is 30.9. The molecule has 8 heteroatoms. The lowest BCUT2D eigenvalue weighted by molar-refractivity contribution is -0.312. The summed E-state index contributed by atoms with van der Waals surface area (Å²) in [7, 11) is 1.51. The highest BCUT2D eigenvalue weighted by Gasteiger charge is 2.50. The summed E-state index contributed by atoms with van der Waals surface area (Å²) in [6.07, 6.45) is -3.83. The molecule has 4 aromatic rings. The van der Waals surface area contributed by atoms with Crippen LogP contribution in [0.4, 0.5) is 0 Å². The molecule has 0 amide bonds. The first-order valence-corrected chi connectivity index (χ1v) is 14.6. The van der Waals surface area contributed by atoms with E-state index in [0.29, 0.717) is 23.8 Å². The van der Waals surface area contributed by atoms with Gasteiger partial charge in [0.1, 0.15) is 18.3 Å². The van der Waals surface area contributed by atoms with E-state index in [9.17, 15) is 4.79 Å². The van der Waals surface area contributed by atoms with E-state index in [4.69, 9.17) is 40.0 Å². The molecule has 0 radical (unpaired) electrons. The summed E-state index contributed by atoms with van der Waals surface area (Å²) in [5, 5.41) is 0.658. The van der Waals surface area contributed by atoms with E-state index in [0.717, 1.165) is 16.7 Å². The van der Waals surface area contributed by atoms with Crippen molar-refractivity contribution >= 4 is 17.6 Å². The molecule has 1 fully saturated rings. The number of hydrogen-bond acceptors (Lipinski definition) is 7. The summed E-state index contributed by atoms with van der Waals surface area (Å²) >= 11 is 6.04. The topological polar surface area (TPSA) is 72.5 Å². The predicted molar refractivity (Wildman–Crippen MR) is 162 cm³/mol. The first-order chi connectivity index (χ1) is 21.1. The van der Waals surface area contributed by atoms with Crippen molar-refractivity contribution in [2.24, 2.45) is 0 Å². The van der Waals surface area contributed by atoms with Gasteiger partial charge in [0.15, 0.2) is 12.4 Å². The number of methoxy groups -OCH3 is 1. The summed E-state index contributed by atoms with van der Waals surface area (Å²) in [6, 6.07) is 35.9. The largest absolute Gasteiger partial charge is 0.450 e. The average Bonchev–Trinajstić information content (AvgIpc) is 3.06. The molecule has 5 atom stereocenters. The van der Waals surface area contributed by atoms with E-state index < -0.39 is 36.7 Å². The average molecular weight is 603 g/mol. The fraction of sp³-hybridized carbons (Fsp3) is 0.286. The van der Waals surface area contributed by atoms with Crippen LogP contribution in [0, 0.1) is 0 Å². The summed E-state index contributed by atoms with van der Waals surface area (Å²) in [4.78, 5) is 13.3. The second-order valence-corrected chi connectivity index (χ2v) is 10.6. The minimum Gasteiger partial charge on any atom is -0.450 e. The van der Waals surface area contributed by atoms with Crippen LogP contribution < -0.4 is 0 Å². The fourth-order valence-corrected chi connectivity index (χ4v) is 5.02. The van der Waals surface area contributed by atoms with Gasteiger partial charge in [-0.15, -0.1) is 0 Å². The van der Waals surface area contributed by atoms with Crippen LogP contribution >= 0.6 is 11.6 Å². The van der Waals surface area contributed by atoms with Crippen LogP contribution in [0.25, 0.3) is 0 Å². The first-order valence-electron chi connectivity index (χ1n) is 14.2. The molecule has 7 nitrogen and oxygen atoms in total. The van der Waals surface area contributed by atoms with Crippen LogP contribution in [0.3, 0.4) is 0 Å². The van der Waals surface area contributed by atoms with E-state index in [2.05, 4.69) is 0 Å². The van der Waals surface area contributed by atoms with Gasteiger partial charge in [0.2, 0.25) is 0 Å². The van der Waals surface area contributed by atoms with Crippen LogP contribution in [0.15, 0.2) is 115 Å². The van der Waals surface area contributed by atoms with Crippen LogP contribution in [0.5, 0.6) is 0 Å². The Bertz CT molecular complexity index is 1390. The van der Waals surface area contributed by atoms with Gasteiger partial charge in [-0.1, -0.05) is 103 Å². The Balaban J connectivity index is 1.41. The van der Waals surface area contributed by atoms with E-state index in [-0.39, 0.29) is 13.2 Å². The lowest BCUT2D eigenvalue weighted by Gasteiger charge is -2.45. The maximum absolute atomic E-state index is 13.3. The smallest absolute Gasteiger partial charge is 0.338 e. The highest BCUT2D eigenvalue weighted by Crippen LogP contribution is 2.31. The van der Waals surface area contributed by atoms with Crippen LogP contribution in [-0.2, 0) is 48.2 Å². The minimum absolute atomic E-state index is 0.187. The van der Waals surface area contributed by atoms with Crippen molar-refractivity contribution in [2.75, 3.05) is 13.7 Å². The van der Waals surface area contributed by atoms with Crippen molar-refractivity contribution in [1.29, 1.82) is 0 Å². The second kappa shape index (κ2) is 15.8. The Kier molecular flexibility index (Phi) is 11.3. The van der Waals surface area contributed by atoms with Gasteiger partial charge in [-0.25, -0.2) is 4.79 Å². The summed E-state index contributed by atoms with van der Waals surface area (Å²) in [6.45, 7) is 1.10. The number of rotatable bonds is 13. The SMILES string of the molecule is CO[C@@H]1O[C@H](COCc2ccc(Cl)cc2)[C@@H](OCc2ccccc2)[C@H](OCc2ccccc2)[C@H]1OC(=O)c1ccccc1. The highest BCUT2D eigenvalue weighted by atomic mass is 35.5. The highest BCUT2D eigenvalue weighted by molar-refractivity contribution is 6.30. The number of hydrogen-bond donors (Lipinski definition) is 0. The number of carbonyl (C=O) groups is 1. The van der Waals surface area contributed by atoms with Crippen LogP contribution in [0.1, 0.15) is 27.0 Å². The summed E-state index contributed by atoms with van der Waals surface area (Å²) < 4.78 is 37.3. The van der Waals surface area contributed by atoms with Gasteiger partial charge < -0.3 is 28.4 Å². The molecule has 4 aromatic carbocycles. The Morgan fingerprint density at radius 2 is 1.21 bits per heavy atom. The maximum Gasteiger partial charge on any atom is 0.338 e. The standard InChI is InChI=1S/C35H35ClO7/c1-38-35-33(43-34(37)28-15-9-4-10-16-28)32(41-23-26-13-7-3-8-14-26)31(40-22-25-11-5-2-6-12-25)30(42-35)24-39-21-27-17-19-29(36)20-18-27/h2-20,30-33,35H,21-24H2,1H3/t30-,31-,32+,33-,35-/m1/s1. The molecule has 224 valence electrons. The molecule has 0 aromatic heterocycles. The van der Waals surface area contributed by atoms with Gasteiger partial charge in [0.05, 0.1) is 32.0 Å². The second-order valence-electron chi connectivity index (χ2n) is 10.2. The molecule has 43 heavy (non-hydrogen) atoms. The van der Waals surface area contributed by atoms with E-state index in [1.165, 1.54) is 7.11 Å². The van der Waals surface area contributed by atoms with Gasteiger partial charge in [-0.05, 0) is 41.0 Å². The minimum atomic E-state index is -0.922. The number of benzene rings is 4. The lowest BCUT2D eigenvalue weighted by Crippen LogP contribution is -2.62. The predicted octanol–water partition coefficient (Wildman–Crippen LogP) is 6.62. The molecule has 0 bridgehead atoms. The molecule has 1 heterocycles. The monoisotopic (exact) mass is 602 g/mol. The molecule has 1 aliphatic heterocycles.